The van der Waals surface area contributed by atoms with Gasteiger partial charge in [-0.2, -0.15) is 0 Å². The van der Waals surface area contributed by atoms with E-state index in [1.807, 2.05) is 13.8 Å². The number of nitrogens with one attached hydrogen (secondary N) is 2. The molecule has 0 saturated heterocycles. The Bertz CT molecular complexity index is 353. The number of aliphatic hydroxyl groups excluding tert-OH is 1. The molecule has 0 amide bonds. The summed E-state index contributed by atoms with van der Waals surface area (Å²) in [6.07, 6.45) is 0.312. The lowest BCUT2D eigenvalue weighted by Crippen LogP contribution is -2.19. The lowest BCUT2D eigenvalue weighted by molar-refractivity contribution is 0.208. The van der Waals surface area contributed by atoms with Gasteiger partial charge in [-0.25, -0.2) is 15.8 Å². The third-order valence-electron chi connectivity index (χ3n) is 2.21. The van der Waals surface area contributed by atoms with Crippen LogP contribution in [0, 0.1) is 6.92 Å². The number of hydrogen-bond donors (Lipinski definition) is 4. The second-order valence-corrected chi connectivity index (χ2v) is 3.69. The highest BCUT2D eigenvalue weighted by atomic mass is 16.3. The fourth-order valence-corrected chi connectivity index (χ4v) is 1.28. The van der Waals surface area contributed by atoms with E-state index in [4.69, 9.17) is 5.84 Å². The summed E-state index contributed by atoms with van der Waals surface area (Å²) in [6.45, 7) is 6.01. The number of anilines is 2. The standard InChI is InChI=1S/C10H19N5O/c1-4-8-13-9(12-5-6(2)16)7(3)10(14-8)15-11/h6,16H,4-5,11H2,1-3H3,(H2,12,13,14,15). The van der Waals surface area contributed by atoms with Crippen LogP contribution in [-0.2, 0) is 6.42 Å². The van der Waals surface area contributed by atoms with E-state index in [-0.39, 0.29) is 0 Å². The molecule has 6 nitrogen and oxygen atoms in total. The van der Waals surface area contributed by atoms with Crippen molar-refractivity contribution in [2.45, 2.75) is 33.3 Å². The van der Waals surface area contributed by atoms with E-state index in [0.29, 0.717) is 24.0 Å². The van der Waals surface area contributed by atoms with Gasteiger partial charge in [0.25, 0.3) is 0 Å². The first-order chi connectivity index (χ1) is 7.58. The van der Waals surface area contributed by atoms with Crippen LogP contribution in [-0.4, -0.2) is 27.7 Å². The third-order valence-corrected chi connectivity index (χ3v) is 2.21. The lowest BCUT2D eigenvalue weighted by atomic mass is 10.3. The molecule has 0 radical (unpaired) electrons. The molecule has 1 aromatic heterocycles. The summed E-state index contributed by atoms with van der Waals surface area (Å²) in [5.41, 5.74) is 3.39. The maximum Gasteiger partial charge on any atom is 0.148 e. The monoisotopic (exact) mass is 225 g/mol. The molecule has 0 aliphatic carbocycles. The molecular weight excluding hydrogens is 206 g/mol. The summed E-state index contributed by atoms with van der Waals surface area (Å²) in [7, 11) is 0. The Morgan fingerprint density at radius 1 is 1.38 bits per heavy atom. The number of nitrogen functional groups attached to an aromatic ring is 1. The highest BCUT2D eigenvalue weighted by molar-refractivity contribution is 5.56. The van der Waals surface area contributed by atoms with Gasteiger partial charge in [-0.1, -0.05) is 6.92 Å². The van der Waals surface area contributed by atoms with Crippen LogP contribution in [0.5, 0.6) is 0 Å². The van der Waals surface area contributed by atoms with E-state index in [1.165, 1.54) is 0 Å². The van der Waals surface area contributed by atoms with Crippen LogP contribution in [0.3, 0.4) is 0 Å². The molecule has 6 heteroatoms. The summed E-state index contributed by atoms with van der Waals surface area (Å²) in [6, 6.07) is 0. The van der Waals surface area contributed by atoms with E-state index in [2.05, 4.69) is 20.7 Å². The van der Waals surface area contributed by atoms with Crippen LogP contribution >= 0.6 is 0 Å². The maximum absolute atomic E-state index is 9.21. The van der Waals surface area contributed by atoms with Crippen molar-refractivity contribution >= 4 is 11.6 Å². The van der Waals surface area contributed by atoms with E-state index in [0.717, 1.165) is 12.0 Å². The molecule has 1 unspecified atom stereocenters. The number of aromatic nitrogens is 2. The van der Waals surface area contributed by atoms with Crippen molar-refractivity contribution in [1.29, 1.82) is 0 Å². The van der Waals surface area contributed by atoms with E-state index >= 15 is 0 Å². The molecule has 0 saturated carbocycles. The van der Waals surface area contributed by atoms with Crippen LogP contribution in [0.15, 0.2) is 0 Å². The molecule has 0 aromatic carbocycles. The molecule has 1 aromatic rings. The van der Waals surface area contributed by atoms with E-state index in [9.17, 15) is 5.11 Å². The Labute approximate surface area is 95.3 Å². The summed E-state index contributed by atoms with van der Waals surface area (Å²) in [4.78, 5) is 8.59. The Balaban J connectivity index is 2.96. The molecule has 0 spiro atoms. The molecule has 1 heterocycles. The van der Waals surface area contributed by atoms with Crippen LogP contribution in [0.1, 0.15) is 25.2 Å². The van der Waals surface area contributed by atoms with E-state index in [1.54, 1.807) is 6.92 Å². The highest BCUT2D eigenvalue weighted by Crippen LogP contribution is 2.19. The highest BCUT2D eigenvalue weighted by Gasteiger charge is 2.09. The summed E-state index contributed by atoms with van der Waals surface area (Å²) < 4.78 is 0. The average Bonchev–Trinajstić information content (AvgIpc) is 2.27. The largest absolute Gasteiger partial charge is 0.392 e. The zero-order valence-corrected chi connectivity index (χ0v) is 9.91. The fourth-order valence-electron chi connectivity index (χ4n) is 1.28. The smallest absolute Gasteiger partial charge is 0.148 e. The Morgan fingerprint density at radius 3 is 2.50 bits per heavy atom. The van der Waals surface area contributed by atoms with Gasteiger partial charge in [-0.3, -0.25) is 0 Å². The molecule has 1 rings (SSSR count). The molecule has 0 fully saturated rings. The number of nitrogens with two attached hydrogens (primary N) is 1. The number of nitrogens with zero attached hydrogens (tertiary/aromatic N) is 2. The van der Waals surface area contributed by atoms with Crippen LogP contribution in [0.4, 0.5) is 11.6 Å². The summed E-state index contributed by atoms with van der Waals surface area (Å²) in [5.74, 6) is 7.42. The van der Waals surface area contributed by atoms with Gasteiger partial charge < -0.3 is 15.8 Å². The van der Waals surface area contributed by atoms with Gasteiger partial charge in [-0.05, 0) is 13.8 Å². The number of aliphatic hydroxyl groups is 1. The first-order valence-electron chi connectivity index (χ1n) is 5.34. The lowest BCUT2D eigenvalue weighted by Gasteiger charge is -2.13. The molecule has 0 aliphatic heterocycles. The van der Waals surface area contributed by atoms with Crippen molar-refractivity contribution in [1.82, 2.24) is 9.97 Å². The molecule has 90 valence electrons. The van der Waals surface area contributed by atoms with Gasteiger partial charge in [0.2, 0.25) is 0 Å². The van der Waals surface area contributed by atoms with Crippen molar-refractivity contribution in [3.8, 4) is 0 Å². The van der Waals surface area contributed by atoms with Gasteiger partial charge in [0.05, 0.1) is 6.10 Å². The Hall–Kier alpha value is -1.40. The molecule has 0 aliphatic rings. The predicted octanol–water partition coefficient (Wildman–Crippen LogP) is 0.426. The quantitative estimate of drug-likeness (QED) is 0.428. The molecule has 16 heavy (non-hydrogen) atoms. The maximum atomic E-state index is 9.21. The molecule has 1 atom stereocenters. The Kier molecular flexibility index (Phi) is 4.45. The number of hydrogen-bond acceptors (Lipinski definition) is 6. The van der Waals surface area contributed by atoms with Crippen molar-refractivity contribution in [2.24, 2.45) is 5.84 Å². The topological polar surface area (TPSA) is 96.1 Å². The van der Waals surface area contributed by atoms with Crippen molar-refractivity contribution in [2.75, 3.05) is 17.3 Å². The fraction of sp³-hybridized carbons (Fsp3) is 0.600. The zero-order chi connectivity index (χ0) is 12.1. The van der Waals surface area contributed by atoms with Crippen molar-refractivity contribution in [3.63, 3.8) is 0 Å². The SMILES string of the molecule is CCc1nc(NN)c(C)c(NCC(C)O)n1. The molecular formula is C10H19N5O. The first-order valence-corrected chi connectivity index (χ1v) is 5.34. The first kappa shape index (κ1) is 12.7. The second-order valence-electron chi connectivity index (χ2n) is 3.69. The third kappa shape index (κ3) is 3.04. The summed E-state index contributed by atoms with van der Waals surface area (Å²) in [5, 5.41) is 12.3. The minimum absolute atomic E-state index is 0.422. The van der Waals surface area contributed by atoms with Gasteiger partial charge in [-0.15, -0.1) is 0 Å². The van der Waals surface area contributed by atoms with E-state index < -0.39 is 6.10 Å². The zero-order valence-electron chi connectivity index (χ0n) is 9.91. The number of rotatable bonds is 5. The predicted molar refractivity (Wildman–Crippen MR) is 64.1 cm³/mol. The molecule has 0 bridgehead atoms. The number of aryl methyl sites for hydroxylation is 1. The Morgan fingerprint density at radius 2 is 2.00 bits per heavy atom. The van der Waals surface area contributed by atoms with Crippen LogP contribution in [0.2, 0.25) is 0 Å². The second kappa shape index (κ2) is 5.62. The normalized spacial score (nSPS) is 12.3. The average molecular weight is 225 g/mol. The van der Waals surface area contributed by atoms with Crippen LogP contribution in [0.25, 0.3) is 0 Å². The van der Waals surface area contributed by atoms with Gasteiger partial charge in [0.1, 0.15) is 17.5 Å². The van der Waals surface area contributed by atoms with Crippen LogP contribution < -0.4 is 16.6 Å². The minimum atomic E-state index is -0.422. The van der Waals surface area contributed by atoms with Gasteiger partial charge >= 0.3 is 0 Å². The van der Waals surface area contributed by atoms with Crippen molar-refractivity contribution < 1.29 is 5.11 Å². The molecule has 5 N–H and O–H groups in total. The van der Waals surface area contributed by atoms with Crippen molar-refractivity contribution in [3.05, 3.63) is 11.4 Å². The summed E-state index contributed by atoms with van der Waals surface area (Å²) >= 11 is 0. The minimum Gasteiger partial charge on any atom is -0.392 e. The van der Waals surface area contributed by atoms with Gasteiger partial charge in [0.15, 0.2) is 0 Å². The number of hydrazine groups is 1. The van der Waals surface area contributed by atoms with Gasteiger partial charge in [0, 0.05) is 18.5 Å².